The van der Waals surface area contributed by atoms with E-state index in [4.69, 9.17) is 0 Å². The quantitative estimate of drug-likeness (QED) is 0.823. The molecule has 3 heteroatoms. The fraction of sp³-hybridized carbons (Fsp3) is 0.286. The number of anilines is 1. The molecule has 2 aromatic rings. The summed E-state index contributed by atoms with van der Waals surface area (Å²) in [5.41, 5.74) is 1.56. The van der Waals surface area contributed by atoms with E-state index in [1.54, 1.807) is 24.3 Å². The van der Waals surface area contributed by atoms with Crippen LogP contribution in [0, 0.1) is 12.7 Å². The smallest absolute Gasteiger partial charge is 0.128 e. The maximum atomic E-state index is 13.4. The van der Waals surface area contributed by atoms with Gasteiger partial charge in [0.1, 0.15) is 5.82 Å². The van der Waals surface area contributed by atoms with Gasteiger partial charge in [-0.3, -0.25) is 0 Å². The van der Waals surface area contributed by atoms with Crippen LogP contribution >= 0.6 is 11.3 Å². The molecule has 0 fully saturated rings. The van der Waals surface area contributed by atoms with Crippen LogP contribution in [0.25, 0.3) is 0 Å². The number of benzene rings is 1. The molecule has 0 bridgehead atoms. The minimum absolute atomic E-state index is 0.156. The van der Waals surface area contributed by atoms with Crippen LogP contribution in [0.2, 0.25) is 0 Å². The molecule has 0 aliphatic heterocycles. The summed E-state index contributed by atoms with van der Waals surface area (Å²) >= 11 is 1.73. The first-order valence-electron chi connectivity index (χ1n) is 5.77. The Kier molecular flexibility index (Phi) is 3.79. The summed E-state index contributed by atoms with van der Waals surface area (Å²) in [4.78, 5) is 1.29. The van der Waals surface area contributed by atoms with Crippen molar-refractivity contribution in [1.29, 1.82) is 0 Å². The third-order valence-electron chi connectivity index (χ3n) is 2.89. The van der Waals surface area contributed by atoms with Gasteiger partial charge in [0.2, 0.25) is 0 Å². The van der Waals surface area contributed by atoms with Crippen molar-refractivity contribution in [1.82, 2.24) is 0 Å². The lowest BCUT2D eigenvalue weighted by atomic mass is 10.1. The monoisotopic (exact) mass is 249 g/mol. The Bertz CT molecular complexity index is 479. The van der Waals surface area contributed by atoms with Crippen molar-refractivity contribution in [2.45, 2.75) is 26.3 Å². The van der Waals surface area contributed by atoms with Gasteiger partial charge < -0.3 is 5.32 Å². The third kappa shape index (κ3) is 2.67. The van der Waals surface area contributed by atoms with Gasteiger partial charge in [-0.05, 0) is 36.9 Å². The maximum absolute atomic E-state index is 13.4. The SMILES string of the molecule is CCC(Nc1cccc(F)c1C)c1cccs1. The van der Waals surface area contributed by atoms with Gasteiger partial charge >= 0.3 is 0 Å². The first kappa shape index (κ1) is 12.1. The summed E-state index contributed by atoms with van der Waals surface area (Å²) < 4.78 is 13.4. The Labute approximate surface area is 105 Å². The largest absolute Gasteiger partial charge is 0.377 e. The molecule has 1 atom stereocenters. The molecule has 1 N–H and O–H groups in total. The van der Waals surface area contributed by atoms with Gasteiger partial charge in [-0.2, -0.15) is 0 Å². The van der Waals surface area contributed by atoms with Crippen molar-refractivity contribution in [2.24, 2.45) is 0 Å². The van der Waals surface area contributed by atoms with Gasteiger partial charge in [-0.15, -0.1) is 11.3 Å². The topological polar surface area (TPSA) is 12.0 Å². The molecule has 1 heterocycles. The highest BCUT2D eigenvalue weighted by Gasteiger charge is 2.12. The lowest BCUT2D eigenvalue weighted by Gasteiger charge is -2.18. The summed E-state index contributed by atoms with van der Waals surface area (Å²) in [6, 6.07) is 9.58. The second-order valence-electron chi connectivity index (χ2n) is 4.03. The van der Waals surface area contributed by atoms with Crippen molar-refractivity contribution >= 4 is 17.0 Å². The van der Waals surface area contributed by atoms with Gasteiger partial charge in [0.05, 0.1) is 6.04 Å². The molecule has 0 saturated heterocycles. The molecule has 2 rings (SSSR count). The van der Waals surface area contributed by atoms with Gasteiger partial charge in [0.25, 0.3) is 0 Å². The molecule has 1 aromatic carbocycles. The molecule has 0 spiro atoms. The maximum Gasteiger partial charge on any atom is 0.128 e. The van der Waals surface area contributed by atoms with E-state index in [0.29, 0.717) is 5.56 Å². The Morgan fingerprint density at radius 3 is 2.76 bits per heavy atom. The van der Waals surface area contributed by atoms with Crippen LogP contribution in [0.3, 0.4) is 0 Å². The molecule has 90 valence electrons. The van der Waals surface area contributed by atoms with Crippen molar-refractivity contribution in [3.63, 3.8) is 0 Å². The van der Waals surface area contributed by atoms with Crippen molar-refractivity contribution in [3.8, 4) is 0 Å². The number of halogens is 1. The van der Waals surface area contributed by atoms with Crippen molar-refractivity contribution < 1.29 is 4.39 Å². The summed E-state index contributed by atoms with van der Waals surface area (Å²) in [7, 11) is 0. The summed E-state index contributed by atoms with van der Waals surface area (Å²) in [5, 5.41) is 5.48. The van der Waals surface area contributed by atoms with E-state index in [1.807, 2.05) is 12.1 Å². The second-order valence-corrected chi connectivity index (χ2v) is 5.01. The Morgan fingerprint density at radius 1 is 1.29 bits per heavy atom. The molecule has 0 saturated carbocycles. The number of thiophene rings is 1. The van der Waals surface area contributed by atoms with Crippen LogP contribution in [0.15, 0.2) is 35.7 Å². The zero-order valence-corrected chi connectivity index (χ0v) is 10.9. The Balaban J connectivity index is 2.22. The fourth-order valence-corrected chi connectivity index (χ4v) is 2.68. The Hall–Kier alpha value is -1.35. The van der Waals surface area contributed by atoms with E-state index >= 15 is 0 Å². The van der Waals surface area contributed by atoms with Crippen LogP contribution in [0.5, 0.6) is 0 Å². The van der Waals surface area contributed by atoms with Gasteiger partial charge in [-0.1, -0.05) is 19.1 Å². The van der Waals surface area contributed by atoms with E-state index in [9.17, 15) is 4.39 Å². The highest BCUT2D eigenvalue weighted by Crippen LogP contribution is 2.28. The summed E-state index contributed by atoms with van der Waals surface area (Å²) in [5.74, 6) is -0.156. The molecule has 17 heavy (non-hydrogen) atoms. The summed E-state index contributed by atoms with van der Waals surface area (Å²) in [6.07, 6.45) is 0.983. The molecule has 0 aliphatic rings. The first-order chi connectivity index (χ1) is 8.22. The molecule has 1 aromatic heterocycles. The Morgan fingerprint density at radius 2 is 2.12 bits per heavy atom. The van der Waals surface area contributed by atoms with E-state index in [0.717, 1.165) is 12.1 Å². The molecule has 0 radical (unpaired) electrons. The average molecular weight is 249 g/mol. The molecule has 0 aliphatic carbocycles. The van der Waals surface area contributed by atoms with Crippen molar-refractivity contribution in [3.05, 3.63) is 52.0 Å². The van der Waals surface area contributed by atoms with Crippen LogP contribution in [0.4, 0.5) is 10.1 Å². The highest BCUT2D eigenvalue weighted by atomic mass is 32.1. The van der Waals surface area contributed by atoms with Crippen LogP contribution in [-0.2, 0) is 0 Å². The normalized spacial score (nSPS) is 12.4. The zero-order valence-electron chi connectivity index (χ0n) is 10.0. The van der Waals surface area contributed by atoms with Gasteiger partial charge in [-0.25, -0.2) is 4.39 Å². The first-order valence-corrected chi connectivity index (χ1v) is 6.65. The lowest BCUT2D eigenvalue weighted by Crippen LogP contribution is -2.09. The number of rotatable bonds is 4. The zero-order chi connectivity index (χ0) is 12.3. The predicted molar refractivity (Wildman–Crippen MR) is 72.1 cm³/mol. The van der Waals surface area contributed by atoms with Gasteiger partial charge in [0.15, 0.2) is 0 Å². The average Bonchev–Trinajstić information content (AvgIpc) is 2.85. The minimum atomic E-state index is -0.156. The number of hydrogen-bond donors (Lipinski definition) is 1. The lowest BCUT2D eigenvalue weighted by molar-refractivity contribution is 0.618. The molecular weight excluding hydrogens is 233 g/mol. The van der Waals surface area contributed by atoms with Crippen molar-refractivity contribution in [2.75, 3.05) is 5.32 Å². The van der Waals surface area contributed by atoms with Crippen LogP contribution in [-0.4, -0.2) is 0 Å². The number of nitrogens with one attached hydrogen (secondary N) is 1. The molecule has 1 unspecified atom stereocenters. The molecule has 0 amide bonds. The fourth-order valence-electron chi connectivity index (χ4n) is 1.82. The van der Waals surface area contributed by atoms with Crippen LogP contribution in [0.1, 0.15) is 29.8 Å². The van der Waals surface area contributed by atoms with E-state index in [1.165, 1.54) is 10.9 Å². The summed E-state index contributed by atoms with van der Waals surface area (Å²) in [6.45, 7) is 3.94. The number of hydrogen-bond acceptors (Lipinski definition) is 2. The van der Waals surface area contributed by atoms with Crippen LogP contribution < -0.4 is 5.32 Å². The highest BCUT2D eigenvalue weighted by molar-refractivity contribution is 7.10. The standard InChI is InChI=1S/C14H16FNS/c1-3-12(14-8-5-9-17-14)16-13-7-4-6-11(15)10(13)2/h4-9,12,16H,3H2,1-2H3. The molecule has 1 nitrogen and oxygen atoms in total. The third-order valence-corrected chi connectivity index (χ3v) is 3.88. The predicted octanol–water partition coefficient (Wildman–Crippen LogP) is 4.76. The van der Waals surface area contributed by atoms with Gasteiger partial charge in [0, 0.05) is 16.1 Å². The second kappa shape index (κ2) is 5.32. The van der Waals surface area contributed by atoms with E-state index in [-0.39, 0.29) is 11.9 Å². The minimum Gasteiger partial charge on any atom is -0.377 e. The molecular formula is C14H16FNS. The van der Waals surface area contributed by atoms with E-state index < -0.39 is 0 Å². The van der Waals surface area contributed by atoms with E-state index in [2.05, 4.69) is 23.7 Å².